The Labute approximate surface area is 194 Å². The van der Waals surface area contributed by atoms with Crippen LogP contribution in [0.15, 0.2) is 76.6 Å². The summed E-state index contributed by atoms with van der Waals surface area (Å²) < 4.78 is 44.5. The average molecular weight is 480 g/mol. The van der Waals surface area contributed by atoms with E-state index in [2.05, 4.69) is 15.6 Å². The SMILES string of the molecule is C#CCn1c(=NC(=O)c2ccccc2NS(=O)(=O)c2ccc(C)cc2)sc2cccc(F)c21. The monoisotopic (exact) mass is 479 g/mol. The third kappa shape index (κ3) is 4.58. The van der Waals surface area contributed by atoms with Gasteiger partial charge in [0.05, 0.1) is 32.9 Å². The van der Waals surface area contributed by atoms with Crippen LogP contribution in [-0.4, -0.2) is 18.9 Å². The van der Waals surface area contributed by atoms with Gasteiger partial charge >= 0.3 is 0 Å². The first-order valence-electron chi connectivity index (χ1n) is 9.79. The van der Waals surface area contributed by atoms with E-state index in [0.717, 1.165) is 16.9 Å². The van der Waals surface area contributed by atoms with Crippen LogP contribution in [0.3, 0.4) is 0 Å². The molecular weight excluding hydrogens is 461 g/mol. The first-order chi connectivity index (χ1) is 15.8. The van der Waals surface area contributed by atoms with E-state index in [-0.39, 0.29) is 33.0 Å². The number of benzene rings is 3. The summed E-state index contributed by atoms with van der Waals surface area (Å²) >= 11 is 1.12. The number of nitrogens with one attached hydrogen (secondary N) is 1. The van der Waals surface area contributed by atoms with Crippen molar-refractivity contribution in [1.82, 2.24) is 4.57 Å². The lowest BCUT2D eigenvalue weighted by Crippen LogP contribution is -2.18. The molecule has 1 heterocycles. The molecule has 0 fully saturated rings. The summed E-state index contributed by atoms with van der Waals surface area (Å²) in [7, 11) is -3.92. The summed E-state index contributed by atoms with van der Waals surface area (Å²) in [5, 5.41) is 0. The van der Waals surface area contributed by atoms with Crippen molar-refractivity contribution in [3.8, 4) is 12.3 Å². The van der Waals surface area contributed by atoms with E-state index < -0.39 is 21.7 Å². The molecule has 4 aromatic rings. The summed E-state index contributed by atoms with van der Waals surface area (Å²) in [6, 6.07) is 17.1. The van der Waals surface area contributed by atoms with Crippen molar-refractivity contribution in [2.45, 2.75) is 18.4 Å². The van der Waals surface area contributed by atoms with Crippen molar-refractivity contribution in [2.75, 3.05) is 4.72 Å². The first kappa shape index (κ1) is 22.5. The molecule has 0 unspecified atom stereocenters. The number of anilines is 1. The van der Waals surface area contributed by atoms with Crippen molar-refractivity contribution in [2.24, 2.45) is 4.99 Å². The fourth-order valence-corrected chi connectivity index (χ4v) is 5.36. The molecule has 6 nitrogen and oxygen atoms in total. The molecule has 0 aliphatic carbocycles. The lowest BCUT2D eigenvalue weighted by Gasteiger charge is -2.11. The third-order valence-electron chi connectivity index (χ3n) is 4.83. The number of fused-ring (bicyclic) bond motifs is 1. The molecule has 166 valence electrons. The van der Waals surface area contributed by atoms with Gasteiger partial charge < -0.3 is 4.57 Å². The van der Waals surface area contributed by atoms with Crippen LogP contribution >= 0.6 is 11.3 Å². The number of aromatic nitrogens is 1. The molecule has 0 aliphatic rings. The highest BCUT2D eigenvalue weighted by atomic mass is 32.2. The summed E-state index contributed by atoms with van der Waals surface area (Å²) in [4.78, 5) is 17.5. The number of amides is 1. The van der Waals surface area contributed by atoms with Gasteiger partial charge in [-0.3, -0.25) is 9.52 Å². The highest BCUT2D eigenvalue weighted by Gasteiger charge is 2.19. The molecule has 33 heavy (non-hydrogen) atoms. The van der Waals surface area contributed by atoms with Gasteiger partial charge in [-0.25, -0.2) is 12.8 Å². The molecule has 0 aliphatic heterocycles. The Morgan fingerprint density at radius 1 is 1.12 bits per heavy atom. The minimum Gasteiger partial charge on any atom is -0.302 e. The fourth-order valence-electron chi connectivity index (χ4n) is 3.24. The molecule has 9 heteroatoms. The predicted molar refractivity (Wildman–Crippen MR) is 127 cm³/mol. The van der Waals surface area contributed by atoms with E-state index in [9.17, 15) is 17.6 Å². The standard InChI is InChI=1S/C24H18FN3O3S2/c1-3-15-28-22-19(25)8-6-10-21(22)32-24(28)26-23(29)18-7-4-5-9-20(18)27-33(30,31)17-13-11-16(2)12-14-17/h1,4-14,27H,15H2,2H3. The van der Waals surface area contributed by atoms with Gasteiger partial charge in [0.15, 0.2) is 4.80 Å². The van der Waals surface area contributed by atoms with Crippen LogP contribution in [0.4, 0.5) is 10.1 Å². The van der Waals surface area contributed by atoms with Crippen molar-refractivity contribution in [3.63, 3.8) is 0 Å². The lowest BCUT2D eigenvalue weighted by atomic mass is 10.2. The van der Waals surface area contributed by atoms with Gasteiger partial charge in [0.1, 0.15) is 5.82 Å². The number of nitrogens with zero attached hydrogens (tertiary/aromatic N) is 2. The van der Waals surface area contributed by atoms with Crippen molar-refractivity contribution < 1.29 is 17.6 Å². The normalized spacial score (nSPS) is 12.0. The highest BCUT2D eigenvalue weighted by Crippen LogP contribution is 2.23. The van der Waals surface area contributed by atoms with E-state index >= 15 is 0 Å². The Morgan fingerprint density at radius 3 is 2.58 bits per heavy atom. The summed E-state index contributed by atoms with van der Waals surface area (Å²) in [5.41, 5.74) is 1.32. The summed E-state index contributed by atoms with van der Waals surface area (Å²) in [5.74, 6) is 1.29. The Kier molecular flexibility index (Phi) is 6.14. The molecule has 1 aromatic heterocycles. The molecule has 1 amide bonds. The van der Waals surface area contributed by atoms with Crippen LogP contribution in [0.2, 0.25) is 0 Å². The number of carbonyl (C=O) groups is 1. The van der Waals surface area contributed by atoms with E-state index in [4.69, 9.17) is 6.42 Å². The molecule has 1 N–H and O–H groups in total. The third-order valence-corrected chi connectivity index (χ3v) is 7.26. The second kappa shape index (κ2) is 9.02. The molecule has 4 rings (SSSR count). The zero-order valence-corrected chi connectivity index (χ0v) is 19.1. The van der Waals surface area contributed by atoms with Gasteiger partial charge in [0, 0.05) is 0 Å². The minimum absolute atomic E-state index is 0.0226. The molecule has 0 spiro atoms. The van der Waals surface area contributed by atoms with E-state index in [1.54, 1.807) is 36.4 Å². The largest absolute Gasteiger partial charge is 0.302 e. The van der Waals surface area contributed by atoms with Crippen molar-refractivity contribution >= 4 is 43.2 Å². The van der Waals surface area contributed by atoms with Crippen molar-refractivity contribution in [3.05, 3.63) is 88.5 Å². The maximum Gasteiger partial charge on any atom is 0.281 e. The number of carbonyl (C=O) groups excluding carboxylic acids is 1. The smallest absolute Gasteiger partial charge is 0.281 e. The lowest BCUT2D eigenvalue weighted by molar-refractivity contribution is 0.0998. The Balaban J connectivity index is 1.77. The maximum absolute atomic E-state index is 14.4. The van der Waals surface area contributed by atoms with Crippen molar-refractivity contribution in [1.29, 1.82) is 0 Å². The van der Waals surface area contributed by atoms with Gasteiger partial charge in [0.25, 0.3) is 15.9 Å². The van der Waals surface area contributed by atoms with Crippen LogP contribution in [0.1, 0.15) is 15.9 Å². The van der Waals surface area contributed by atoms with Gasteiger partial charge in [-0.15, -0.1) is 6.42 Å². The van der Waals surface area contributed by atoms with Gasteiger partial charge in [-0.05, 0) is 43.3 Å². The molecular formula is C24H18FN3O3S2. The number of terminal acetylenes is 1. The number of hydrogen-bond acceptors (Lipinski definition) is 4. The van der Waals surface area contributed by atoms with Crippen LogP contribution in [0.5, 0.6) is 0 Å². The maximum atomic E-state index is 14.4. The molecule has 3 aromatic carbocycles. The molecule has 0 saturated heterocycles. The predicted octanol–water partition coefficient (Wildman–Crippen LogP) is 4.33. The molecule has 0 saturated carbocycles. The fraction of sp³-hybridized carbons (Fsp3) is 0.0833. The Bertz CT molecular complexity index is 1580. The summed E-state index contributed by atoms with van der Waals surface area (Å²) in [6.45, 7) is 1.88. The Hall–Kier alpha value is -3.74. The number of aryl methyl sites for hydroxylation is 1. The highest BCUT2D eigenvalue weighted by molar-refractivity contribution is 7.92. The van der Waals surface area contributed by atoms with Crippen LogP contribution in [0, 0.1) is 25.1 Å². The number of sulfonamides is 1. The number of halogens is 1. The zero-order valence-electron chi connectivity index (χ0n) is 17.4. The molecule has 0 bridgehead atoms. The molecule has 0 radical (unpaired) electrons. The average Bonchev–Trinajstić information content (AvgIpc) is 3.12. The van der Waals surface area contributed by atoms with Gasteiger partial charge in [-0.2, -0.15) is 4.99 Å². The van der Waals surface area contributed by atoms with E-state index in [0.29, 0.717) is 4.70 Å². The first-order valence-corrected chi connectivity index (χ1v) is 12.1. The van der Waals surface area contributed by atoms with Crippen LogP contribution in [0.25, 0.3) is 10.2 Å². The van der Waals surface area contributed by atoms with E-state index in [1.807, 2.05) is 6.92 Å². The van der Waals surface area contributed by atoms with Crippen LogP contribution in [-0.2, 0) is 16.6 Å². The van der Waals surface area contributed by atoms with Gasteiger partial charge in [0.2, 0.25) is 0 Å². The van der Waals surface area contributed by atoms with E-state index in [1.165, 1.54) is 34.9 Å². The number of thiazole rings is 1. The van der Waals surface area contributed by atoms with Gasteiger partial charge in [-0.1, -0.05) is 53.2 Å². The molecule has 0 atom stereocenters. The Morgan fingerprint density at radius 2 is 1.85 bits per heavy atom. The zero-order chi connectivity index (χ0) is 23.6. The second-order valence-corrected chi connectivity index (χ2v) is 9.83. The number of hydrogen-bond donors (Lipinski definition) is 1. The number of para-hydroxylation sites is 2. The second-order valence-electron chi connectivity index (χ2n) is 7.14. The quantitative estimate of drug-likeness (QED) is 0.433. The topological polar surface area (TPSA) is 80.5 Å². The number of rotatable bonds is 5. The van der Waals surface area contributed by atoms with Crippen LogP contribution < -0.4 is 9.52 Å². The minimum atomic E-state index is -3.92. The summed E-state index contributed by atoms with van der Waals surface area (Å²) in [6.07, 6.45) is 5.44.